The van der Waals surface area contributed by atoms with Crippen LogP contribution < -0.4 is 0 Å². The topological polar surface area (TPSA) is 12.4 Å². The monoisotopic (exact) mass is 711 g/mol. The van der Waals surface area contributed by atoms with E-state index in [1.165, 1.54) is 80.7 Å². The summed E-state index contributed by atoms with van der Waals surface area (Å²) in [5.74, 6) is 0. The van der Waals surface area contributed by atoms with E-state index in [0.29, 0.717) is 0 Å². The second-order valence-electron chi connectivity index (χ2n) is 14.0. The predicted octanol–water partition coefficient (Wildman–Crippen LogP) is 15.3. The van der Waals surface area contributed by atoms with Crippen molar-refractivity contribution >= 4 is 70.0 Å². The molecule has 0 bridgehead atoms. The molecular weight excluding hydrogens is 671 g/mol. The first-order valence-electron chi connectivity index (χ1n) is 19.0. The standard InChI is InChI=1S/C52H41NS/c1-4-17-47(35-18-8-6-9-19-35)53-51(36-20-10-7-11-21-36)41(5-2)34(3)37-22-14-23-38(32-37)39-24-15-25-40(33-39)42-30-31-46-44-27-13-12-26-43(44)45-28-16-29-48-49(45)50(46)52(42)54-48/h6-33H,4-5H2,1-3H3/b41-34+,47-17-,53-51-. The van der Waals surface area contributed by atoms with E-state index in [9.17, 15) is 0 Å². The van der Waals surface area contributed by atoms with Gasteiger partial charge >= 0.3 is 0 Å². The van der Waals surface area contributed by atoms with Crippen molar-refractivity contribution in [2.75, 3.05) is 0 Å². The lowest BCUT2D eigenvalue weighted by Gasteiger charge is -2.17. The van der Waals surface area contributed by atoms with Crippen LogP contribution in [-0.2, 0) is 0 Å². The average molecular weight is 712 g/mol. The second kappa shape index (κ2) is 14.4. The fourth-order valence-corrected chi connectivity index (χ4v) is 9.48. The van der Waals surface area contributed by atoms with Crippen molar-refractivity contribution in [3.8, 4) is 22.3 Å². The van der Waals surface area contributed by atoms with E-state index in [1.807, 2.05) is 11.3 Å². The Morgan fingerprint density at radius 1 is 0.537 bits per heavy atom. The SMILES string of the molecule is CC\C=C(/N=C(\C(CC)=C(/C)c1cccc(-c2cccc(-c3ccc4c5ccccc5c5cccc6sc3c4c65)c2)c1)c1ccccc1)c1ccccc1. The summed E-state index contributed by atoms with van der Waals surface area (Å²) in [5, 5.41) is 8.12. The van der Waals surface area contributed by atoms with Crippen LogP contribution in [0.25, 0.3) is 75.2 Å². The van der Waals surface area contributed by atoms with Crippen molar-refractivity contribution in [3.05, 3.63) is 192 Å². The molecule has 0 spiro atoms. The molecule has 0 radical (unpaired) electrons. The number of nitrogens with zero attached hydrogens (tertiary/aromatic N) is 1. The summed E-state index contributed by atoms with van der Waals surface area (Å²) in [5.41, 5.74) is 13.0. The minimum absolute atomic E-state index is 0.862. The molecule has 2 heteroatoms. The maximum atomic E-state index is 5.44. The van der Waals surface area contributed by atoms with E-state index < -0.39 is 0 Å². The lowest BCUT2D eigenvalue weighted by molar-refractivity contribution is 1.16. The quantitative estimate of drug-likeness (QED) is 0.104. The van der Waals surface area contributed by atoms with Crippen molar-refractivity contribution in [1.82, 2.24) is 0 Å². The zero-order valence-electron chi connectivity index (χ0n) is 30.9. The maximum Gasteiger partial charge on any atom is 0.0744 e. The Bertz CT molecular complexity index is 2890. The first-order valence-corrected chi connectivity index (χ1v) is 19.8. The molecule has 0 atom stereocenters. The summed E-state index contributed by atoms with van der Waals surface area (Å²) < 4.78 is 2.71. The smallest absolute Gasteiger partial charge is 0.0744 e. The van der Waals surface area contributed by atoms with Gasteiger partial charge < -0.3 is 0 Å². The third-order valence-electron chi connectivity index (χ3n) is 10.8. The van der Waals surface area contributed by atoms with E-state index >= 15 is 0 Å². The normalized spacial score (nSPS) is 13.0. The molecule has 0 saturated carbocycles. The van der Waals surface area contributed by atoms with Gasteiger partial charge in [0.2, 0.25) is 0 Å². The van der Waals surface area contributed by atoms with E-state index in [1.54, 1.807) is 0 Å². The van der Waals surface area contributed by atoms with Gasteiger partial charge in [-0.15, -0.1) is 11.3 Å². The van der Waals surface area contributed by atoms with Gasteiger partial charge in [0.25, 0.3) is 0 Å². The number of rotatable bonds is 9. The Labute approximate surface area is 321 Å². The highest BCUT2D eigenvalue weighted by atomic mass is 32.1. The van der Waals surface area contributed by atoms with Crippen LogP contribution in [0.15, 0.2) is 180 Å². The van der Waals surface area contributed by atoms with Crippen LogP contribution in [0.5, 0.6) is 0 Å². The van der Waals surface area contributed by atoms with Crippen molar-refractivity contribution in [1.29, 1.82) is 0 Å². The van der Waals surface area contributed by atoms with Crippen LogP contribution in [0.3, 0.4) is 0 Å². The molecule has 0 saturated heterocycles. The third kappa shape index (κ3) is 5.93. The molecule has 260 valence electrons. The van der Waals surface area contributed by atoms with Crippen molar-refractivity contribution in [2.24, 2.45) is 4.99 Å². The van der Waals surface area contributed by atoms with Gasteiger partial charge in [-0.25, -0.2) is 4.99 Å². The molecule has 1 nitrogen and oxygen atoms in total. The van der Waals surface area contributed by atoms with Crippen LogP contribution in [0.4, 0.5) is 0 Å². The molecule has 9 aromatic rings. The summed E-state index contributed by atoms with van der Waals surface area (Å²) in [6.45, 7) is 6.68. The summed E-state index contributed by atoms with van der Waals surface area (Å²) >= 11 is 1.92. The second-order valence-corrected chi connectivity index (χ2v) is 15.1. The molecular formula is C52H41NS. The van der Waals surface area contributed by atoms with Crippen LogP contribution in [0.2, 0.25) is 0 Å². The summed E-state index contributed by atoms with van der Waals surface area (Å²) in [6, 6.07) is 59.7. The number of thiophene rings is 1. The first-order chi connectivity index (χ1) is 26.6. The van der Waals surface area contributed by atoms with Gasteiger partial charge in [-0.3, -0.25) is 0 Å². The molecule has 0 aliphatic rings. The van der Waals surface area contributed by atoms with Gasteiger partial charge in [-0.1, -0.05) is 166 Å². The third-order valence-corrected chi connectivity index (χ3v) is 12.0. The molecule has 0 amide bonds. The molecule has 1 heterocycles. The van der Waals surface area contributed by atoms with Crippen molar-refractivity contribution < 1.29 is 0 Å². The number of fused-ring (bicyclic) bond motifs is 3. The van der Waals surface area contributed by atoms with Gasteiger partial charge in [-0.05, 0) is 104 Å². The minimum atomic E-state index is 0.862. The molecule has 54 heavy (non-hydrogen) atoms. The van der Waals surface area contributed by atoms with E-state index in [0.717, 1.165) is 35.4 Å². The van der Waals surface area contributed by atoms with Crippen LogP contribution in [0.1, 0.15) is 50.3 Å². The zero-order chi connectivity index (χ0) is 36.6. The molecule has 0 unspecified atom stereocenters. The van der Waals surface area contributed by atoms with Crippen LogP contribution >= 0.6 is 11.3 Å². The summed E-state index contributed by atoms with van der Waals surface area (Å²) in [6.07, 6.45) is 4.01. The number of benzene rings is 8. The van der Waals surface area contributed by atoms with E-state index in [-0.39, 0.29) is 0 Å². The van der Waals surface area contributed by atoms with Crippen molar-refractivity contribution in [2.45, 2.75) is 33.6 Å². The highest BCUT2D eigenvalue weighted by molar-refractivity contribution is 7.26. The van der Waals surface area contributed by atoms with Gasteiger partial charge in [-0.2, -0.15) is 0 Å². The van der Waals surface area contributed by atoms with Gasteiger partial charge in [0, 0.05) is 25.7 Å². The molecule has 0 aliphatic heterocycles. The average Bonchev–Trinajstić information content (AvgIpc) is 3.64. The molecule has 1 aromatic heterocycles. The fraction of sp³-hybridized carbons (Fsp3) is 0.0962. The molecule has 8 aromatic carbocycles. The summed E-state index contributed by atoms with van der Waals surface area (Å²) in [4.78, 5) is 5.44. The van der Waals surface area contributed by atoms with Gasteiger partial charge in [0.05, 0.1) is 11.4 Å². The molecule has 9 rings (SSSR count). The maximum absolute atomic E-state index is 5.44. The van der Waals surface area contributed by atoms with Crippen LogP contribution in [0, 0.1) is 0 Å². The van der Waals surface area contributed by atoms with Gasteiger partial charge in [0.1, 0.15) is 0 Å². The minimum Gasteiger partial charge on any atom is -0.248 e. The largest absolute Gasteiger partial charge is 0.248 e. The van der Waals surface area contributed by atoms with Gasteiger partial charge in [0.15, 0.2) is 0 Å². The number of hydrogen-bond acceptors (Lipinski definition) is 2. The Morgan fingerprint density at radius 3 is 1.85 bits per heavy atom. The van der Waals surface area contributed by atoms with E-state index in [2.05, 4.69) is 191 Å². The number of hydrogen-bond donors (Lipinski definition) is 0. The van der Waals surface area contributed by atoms with Crippen molar-refractivity contribution in [3.63, 3.8) is 0 Å². The highest BCUT2D eigenvalue weighted by Gasteiger charge is 2.19. The van der Waals surface area contributed by atoms with E-state index in [4.69, 9.17) is 4.99 Å². The number of aliphatic imine (C=N–C) groups is 1. The van der Waals surface area contributed by atoms with Crippen LogP contribution in [-0.4, -0.2) is 5.71 Å². The lowest BCUT2D eigenvalue weighted by Crippen LogP contribution is -2.08. The zero-order valence-corrected chi connectivity index (χ0v) is 31.8. The Hall–Kier alpha value is -6.09. The fourth-order valence-electron chi connectivity index (χ4n) is 8.19. The first kappa shape index (κ1) is 33.7. The molecule has 0 aliphatic carbocycles. The highest BCUT2D eigenvalue weighted by Crippen LogP contribution is 2.48. The molecule has 0 fully saturated rings. The summed E-state index contributed by atoms with van der Waals surface area (Å²) in [7, 11) is 0. The Balaban J connectivity index is 1.15. The Kier molecular flexibility index (Phi) is 8.98. The lowest BCUT2D eigenvalue weighted by atomic mass is 9.90. The number of allylic oxidation sites excluding steroid dienone is 3. The molecule has 0 N–H and O–H groups in total. The Morgan fingerprint density at radius 2 is 1.13 bits per heavy atom. The predicted molar refractivity (Wildman–Crippen MR) is 237 cm³/mol.